The van der Waals surface area contributed by atoms with Gasteiger partial charge in [-0.05, 0) is 30.7 Å². The number of unbranched alkanes of at least 4 members (excludes halogenated alkanes) is 3. The van der Waals surface area contributed by atoms with Crippen molar-refractivity contribution in [2.75, 3.05) is 0 Å². The summed E-state index contributed by atoms with van der Waals surface area (Å²) >= 11 is 0. The first-order valence-corrected chi connectivity index (χ1v) is 7.64. The van der Waals surface area contributed by atoms with Crippen LogP contribution in [0.2, 0.25) is 0 Å². The minimum Gasteiger partial charge on any atom is -0.103 e. The SMILES string of the molecule is C=CCC(C)/C(=C/c1ccccc1)CCCCCC. The molecule has 0 bridgehead atoms. The van der Waals surface area contributed by atoms with Crippen molar-refractivity contribution >= 4 is 6.08 Å². The monoisotopic (exact) mass is 256 g/mol. The molecule has 0 aliphatic heterocycles. The molecule has 1 unspecified atom stereocenters. The van der Waals surface area contributed by atoms with Crippen molar-refractivity contribution < 1.29 is 0 Å². The maximum absolute atomic E-state index is 3.87. The zero-order chi connectivity index (χ0) is 13.9. The van der Waals surface area contributed by atoms with E-state index in [1.54, 1.807) is 5.57 Å². The maximum Gasteiger partial charge on any atom is -0.0194 e. The quantitative estimate of drug-likeness (QED) is 0.362. The highest BCUT2D eigenvalue weighted by molar-refractivity contribution is 5.53. The predicted octanol–water partition coefficient (Wildman–Crippen LogP) is 6.25. The van der Waals surface area contributed by atoms with Gasteiger partial charge in [-0.2, -0.15) is 0 Å². The van der Waals surface area contributed by atoms with Crippen molar-refractivity contribution in [1.82, 2.24) is 0 Å². The van der Waals surface area contributed by atoms with E-state index in [0.29, 0.717) is 5.92 Å². The van der Waals surface area contributed by atoms with Gasteiger partial charge in [-0.25, -0.2) is 0 Å². The van der Waals surface area contributed by atoms with Gasteiger partial charge >= 0.3 is 0 Å². The number of allylic oxidation sites excluding steroid dienone is 2. The van der Waals surface area contributed by atoms with Gasteiger partial charge in [0.2, 0.25) is 0 Å². The van der Waals surface area contributed by atoms with E-state index in [-0.39, 0.29) is 0 Å². The summed E-state index contributed by atoms with van der Waals surface area (Å²) in [7, 11) is 0. The lowest BCUT2D eigenvalue weighted by atomic mass is 9.91. The van der Waals surface area contributed by atoms with Gasteiger partial charge in [-0.3, -0.25) is 0 Å². The van der Waals surface area contributed by atoms with E-state index in [9.17, 15) is 0 Å². The molecule has 0 heterocycles. The van der Waals surface area contributed by atoms with Crippen molar-refractivity contribution in [3.8, 4) is 0 Å². The van der Waals surface area contributed by atoms with Gasteiger partial charge in [0.25, 0.3) is 0 Å². The van der Waals surface area contributed by atoms with E-state index in [2.05, 4.69) is 56.8 Å². The van der Waals surface area contributed by atoms with Gasteiger partial charge in [0.1, 0.15) is 0 Å². The molecule has 0 amide bonds. The van der Waals surface area contributed by atoms with Crippen LogP contribution in [0.5, 0.6) is 0 Å². The Hall–Kier alpha value is -1.30. The fourth-order valence-corrected chi connectivity index (χ4v) is 2.38. The molecule has 1 rings (SSSR count). The maximum atomic E-state index is 3.87. The highest BCUT2D eigenvalue weighted by atomic mass is 14.1. The molecule has 0 aliphatic rings. The third-order valence-corrected chi connectivity index (χ3v) is 3.62. The van der Waals surface area contributed by atoms with Crippen LogP contribution in [0.3, 0.4) is 0 Å². The third kappa shape index (κ3) is 6.42. The van der Waals surface area contributed by atoms with Crippen LogP contribution in [0.15, 0.2) is 48.6 Å². The molecular weight excluding hydrogens is 228 g/mol. The molecule has 1 aromatic rings. The normalized spacial score (nSPS) is 13.3. The number of rotatable bonds is 9. The molecule has 0 aromatic heterocycles. The van der Waals surface area contributed by atoms with Crippen LogP contribution in [-0.4, -0.2) is 0 Å². The topological polar surface area (TPSA) is 0 Å². The molecule has 0 heteroatoms. The summed E-state index contributed by atoms with van der Waals surface area (Å²) < 4.78 is 0. The molecule has 0 fully saturated rings. The Morgan fingerprint density at radius 3 is 2.53 bits per heavy atom. The Bertz CT molecular complexity index is 372. The molecule has 0 radical (unpaired) electrons. The smallest absolute Gasteiger partial charge is 0.0194 e. The van der Waals surface area contributed by atoms with Gasteiger partial charge in [0.15, 0.2) is 0 Å². The highest BCUT2D eigenvalue weighted by Crippen LogP contribution is 2.24. The second-order valence-electron chi connectivity index (χ2n) is 5.37. The van der Waals surface area contributed by atoms with Crippen molar-refractivity contribution in [2.45, 2.75) is 52.4 Å². The summed E-state index contributed by atoms with van der Waals surface area (Å²) in [6, 6.07) is 10.7. The summed E-state index contributed by atoms with van der Waals surface area (Å²) in [5, 5.41) is 0. The van der Waals surface area contributed by atoms with Crippen LogP contribution in [0.1, 0.15) is 57.9 Å². The Morgan fingerprint density at radius 2 is 1.89 bits per heavy atom. The van der Waals surface area contributed by atoms with E-state index in [4.69, 9.17) is 0 Å². The Labute approximate surface area is 119 Å². The van der Waals surface area contributed by atoms with E-state index in [1.807, 2.05) is 6.08 Å². The average molecular weight is 256 g/mol. The third-order valence-electron chi connectivity index (χ3n) is 3.62. The Kier molecular flexibility index (Phi) is 7.97. The second-order valence-corrected chi connectivity index (χ2v) is 5.37. The Balaban J connectivity index is 2.68. The standard InChI is InChI=1S/C19H28/c1-4-6-7-11-15-19(17(3)12-5-2)16-18-13-9-8-10-14-18/h5,8-10,13-14,16-17H,2,4,6-7,11-12,15H2,1,3H3/b19-16+. The summed E-state index contributed by atoms with van der Waals surface area (Å²) in [5.41, 5.74) is 2.89. The van der Waals surface area contributed by atoms with Crippen molar-refractivity contribution in [3.05, 3.63) is 54.1 Å². The second kappa shape index (κ2) is 9.61. The average Bonchev–Trinajstić information content (AvgIpc) is 2.43. The predicted molar refractivity (Wildman–Crippen MR) is 87.2 cm³/mol. The van der Waals surface area contributed by atoms with Crippen LogP contribution < -0.4 is 0 Å². The molecule has 0 saturated carbocycles. The highest BCUT2D eigenvalue weighted by Gasteiger charge is 2.07. The number of hydrogen-bond donors (Lipinski definition) is 0. The van der Waals surface area contributed by atoms with Crippen LogP contribution in [0, 0.1) is 5.92 Å². The first-order chi connectivity index (χ1) is 9.27. The van der Waals surface area contributed by atoms with E-state index in [1.165, 1.54) is 37.7 Å². The number of hydrogen-bond acceptors (Lipinski definition) is 0. The fraction of sp³-hybridized carbons (Fsp3) is 0.474. The van der Waals surface area contributed by atoms with Gasteiger partial charge < -0.3 is 0 Å². The van der Waals surface area contributed by atoms with E-state index < -0.39 is 0 Å². The molecule has 0 spiro atoms. The van der Waals surface area contributed by atoms with Crippen LogP contribution >= 0.6 is 0 Å². The van der Waals surface area contributed by atoms with Crippen molar-refractivity contribution in [1.29, 1.82) is 0 Å². The van der Waals surface area contributed by atoms with Crippen LogP contribution in [-0.2, 0) is 0 Å². The molecule has 0 nitrogen and oxygen atoms in total. The molecular formula is C19H28. The minimum absolute atomic E-state index is 0.610. The summed E-state index contributed by atoms with van der Waals surface area (Å²) in [4.78, 5) is 0. The fourth-order valence-electron chi connectivity index (χ4n) is 2.38. The Morgan fingerprint density at radius 1 is 1.16 bits per heavy atom. The molecule has 19 heavy (non-hydrogen) atoms. The lowest BCUT2D eigenvalue weighted by Crippen LogP contribution is -1.99. The molecule has 0 saturated heterocycles. The molecule has 104 valence electrons. The van der Waals surface area contributed by atoms with Crippen LogP contribution in [0.4, 0.5) is 0 Å². The van der Waals surface area contributed by atoms with Gasteiger partial charge in [-0.1, -0.05) is 81.2 Å². The van der Waals surface area contributed by atoms with E-state index >= 15 is 0 Å². The van der Waals surface area contributed by atoms with Gasteiger partial charge in [0.05, 0.1) is 0 Å². The number of benzene rings is 1. The first kappa shape index (κ1) is 15.8. The lowest BCUT2D eigenvalue weighted by molar-refractivity contribution is 0.607. The molecule has 0 aliphatic carbocycles. The van der Waals surface area contributed by atoms with Crippen LogP contribution in [0.25, 0.3) is 6.08 Å². The van der Waals surface area contributed by atoms with Crippen molar-refractivity contribution in [3.63, 3.8) is 0 Å². The molecule has 1 aromatic carbocycles. The zero-order valence-electron chi connectivity index (χ0n) is 12.6. The summed E-state index contributed by atoms with van der Waals surface area (Å²) in [6.45, 7) is 8.45. The molecule has 0 N–H and O–H groups in total. The molecule has 1 atom stereocenters. The summed E-state index contributed by atoms with van der Waals surface area (Å²) in [6.07, 6.45) is 12.0. The lowest BCUT2D eigenvalue weighted by Gasteiger charge is -2.15. The first-order valence-electron chi connectivity index (χ1n) is 7.64. The van der Waals surface area contributed by atoms with Gasteiger partial charge in [0, 0.05) is 0 Å². The largest absolute Gasteiger partial charge is 0.103 e. The zero-order valence-corrected chi connectivity index (χ0v) is 12.6. The van der Waals surface area contributed by atoms with Gasteiger partial charge in [-0.15, -0.1) is 6.58 Å². The summed E-state index contributed by atoms with van der Waals surface area (Å²) in [5.74, 6) is 0.610. The minimum atomic E-state index is 0.610. The van der Waals surface area contributed by atoms with E-state index in [0.717, 1.165) is 6.42 Å². The van der Waals surface area contributed by atoms with Crippen molar-refractivity contribution in [2.24, 2.45) is 5.92 Å².